The Morgan fingerprint density at radius 3 is 2.52 bits per heavy atom. The average Bonchev–Trinajstić information content (AvgIpc) is 3.17. The number of likely N-dealkylation sites (tertiary alicyclic amines) is 1. The van der Waals surface area contributed by atoms with Gasteiger partial charge in [0.25, 0.3) is 5.91 Å². The van der Waals surface area contributed by atoms with E-state index in [9.17, 15) is 9.59 Å². The van der Waals surface area contributed by atoms with E-state index in [2.05, 4.69) is 0 Å². The molecule has 1 amide bonds. The second-order valence-electron chi connectivity index (χ2n) is 6.63. The van der Waals surface area contributed by atoms with E-state index in [0.29, 0.717) is 28.6 Å². The van der Waals surface area contributed by atoms with Crippen molar-refractivity contribution >= 4 is 23.5 Å². The molecular formula is C21H23ClN2O3. The van der Waals surface area contributed by atoms with Gasteiger partial charge in [0, 0.05) is 18.7 Å². The molecule has 27 heavy (non-hydrogen) atoms. The molecule has 0 radical (unpaired) electrons. The number of hydrogen-bond acceptors (Lipinski definition) is 4. The van der Waals surface area contributed by atoms with Gasteiger partial charge in [0.2, 0.25) is 0 Å². The fraction of sp³-hybridized carbons (Fsp3) is 0.333. The molecule has 5 nitrogen and oxygen atoms in total. The summed E-state index contributed by atoms with van der Waals surface area (Å²) in [4.78, 5) is 26.5. The normalized spacial score (nSPS) is 16.4. The van der Waals surface area contributed by atoms with E-state index < -0.39 is 5.97 Å². The summed E-state index contributed by atoms with van der Waals surface area (Å²) in [5.41, 5.74) is 8.42. The number of rotatable bonds is 5. The van der Waals surface area contributed by atoms with Crippen LogP contribution in [0.15, 0.2) is 42.5 Å². The monoisotopic (exact) mass is 386 g/mol. The van der Waals surface area contributed by atoms with Crippen LogP contribution >= 0.6 is 11.6 Å². The van der Waals surface area contributed by atoms with E-state index in [4.69, 9.17) is 22.1 Å². The molecule has 0 aliphatic carbocycles. The first-order chi connectivity index (χ1) is 13.0. The molecule has 1 atom stereocenters. The van der Waals surface area contributed by atoms with E-state index in [0.717, 1.165) is 30.6 Å². The molecule has 0 saturated carbocycles. The number of ether oxygens (including phenoxy) is 1. The van der Waals surface area contributed by atoms with Gasteiger partial charge in [-0.1, -0.05) is 29.8 Å². The standard InChI is InChI=1S/C21H23ClN2O3/c1-2-27-21(26)18-11-17(7-8-19(18)22)15-3-5-16(6-4-15)20(25)24-10-9-14(12-23)13-24/h3-8,11,14H,2,9-10,12-13,23H2,1H3/t14-/m1/s1. The smallest absolute Gasteiger partial charge is 0.339 e. The zero-order valence-corrected chi connectivity index (χ0v) is 16.0. The quantitative estimate of drug-likeness (QED) is 0.797. The summed E-state index contributed by atoms with van der Waals surface area (Å²) in [6, 6.07) is 12.6. The SMILES string of the molecule is CCOC(=O)c1cc(-c2ccc(C(=O)N3CC[C@H](CN)C3)cc2)ccc1Cl. The lowest BCUT2D eigenvalue weighted by atomic mass is 10.0. The highest BCUT2D eigenvalue weighted by Gasteiger charge is 2.25. The Hall–Kier alpha value is -2.37. The van der Waals surface area contributed by atoms with Gasteiger partial charge in [0.05, 0.1) is 17.2 Å². The topological polar surface area (TPSA) is 72.6 Å². The Labute approximate surface area is 164 Å². The fourth-order valence-electron chi connectivity index (χ4n) is 3.27. The third kappa shape index (κ3) is 4.31. The molecule has 2 aromatic rings. The van der Waals surface area contributed by atoms with Gasteiger partial charge < -0.3 is 15.4 Å². The average molecular weight is 387 g/mol. The first kappa shape index (κ1) is 19.4. The van der Waals surface area contributed by atoms with Crippen molar-refractivity contribution in [2.75, 3.05) is 26.2 Å². The summed E-state index contributed by atoms with van der Waals surface area (Å²) < 4.78 is 5.04. The van der Waals surface area contributed by atoms with Gasteiger partial charge in [-0.15, -0.1) is 0 Å². The maximum Gasteiger partial charge on any atom is 0.339 e. The Morgan fingerprint density at radius 1 is 1.19 bits per heavy atom. The first-order valence-corrected chi connectivity index (χ1v) is 9.47. The largest absolute Gasteiger partial charge is 0.462 e. The number of halogens is 1. The van der Waals surface area contributed by atoms with Crippen molar-refractivity contribution in [3.63, 3.8) is 0 Å². The zero-order chi connectivity index (χ0) is 19.4. The fourth-order valence-corrected chi connectivity index (χ4v) is 3.46. The van der Waals surface area contributed by atoms with E-state index >= 15 is 0 Å². The van der Waals surface area contributed by atoms with Crippen LogP contribution in [0.3, 0.4) is 0 Å². The molecule has 142 valence electrons. The van der Waals surface area contributed by atoms with Crippen molar-refractivity contribution in [1.82, 2.24) is 4.90 Å². The Balaban J connectivity index is 1.78. The molecule has 1 fully saturated rings. The minimum atomic E-state index is -0.445. The molecule has 0 spiro atoms. The summed E-state index contributed by atoms with van der Waals surface area (Å²) in [6.07, 6.45) is 0.960. The highest BCUT2D eigenvalue weighted by atomic mass is 35.5. The third-order valence-corrected chi connectivity index (χ3v) is 5.16. The van der Waals surface area contributed by atoms with Crippen LogP contribution in [0.25, 0.3) is 11.1 Å². The van der Waals surface area contributed by atoms with Gasteiger partial charge in [-0.05, 0) is 61.2 Å². The minimum Gasteiger partial charge on any atom is -0.462 e. The maximum absolute atomic E-state index is 12.6. The number of carbonyl (C=O) groups is 2. The number of carbonyl (C=O) groups excluding carboxylic acids is 2. The molecule has 0 bridgehead atoms. The Bertz CT molecular complexity index is 836. The molecular weight excluding hydrogens is 364 g/mol. The summed E-state index contributed by atoms with van der Waals surface area (Å²) in [6.45, 7) is 4.13. The number of hydrogen-bond donors (Lipinski definition) is 1. The molecule has 0 aromatic heterocycles. The summed E-state index contributed by atoms with van der Waals surface area (Å²) in [5, 5.41) is 0.354. The molecule has 1 saturated heterocycles. The number of amides is 1. The summed E-state index contributed by atoms with van der Waals surface area (Å²) in [7, 11) is 0. The zero-order valence-electron chi connectivity index (χ0n) is 15.3. The molecule has 3 rings (SSSR count). The molecule has 1 aliphatic rings. The van der Waals surface area contributed by atoms with Gasteiger partial charge in [-0.2, -0.15) is 0 Å². The van der Waals surface area contributed by atoms with Crippen molar-refractivity contribution < 1.29 is 14.3 Å². The predicted octanol–water partition coefficient (Wildman–Crippen LogP) is 3.60. The van der Waals surface area contributed by atoms with Crippen molar-refractivity contribution in [3.05, 3.63) is 58.6 Å². The minimum absolute atomic E-state index is 0.0285. The molecule has 2 N–H and O–H groups in total. The van der Waals surface area contributed by atoms with Crippen molar-refractivity contribution in [2.24, 2.45) is 11.7 Å². The molecule has 0 unspecified atom stereocenters. The van der Waals surface area contributed by atoms with Gasteiger partial charge in [0.15, 0.2) is 0 Å². The van der Waals surface area contributed by atoms with Gasteiger partial charge in [0.1, 0.15) is 0 Å². The highest BCUT2D eigenvalue weighted by Crippen LogP contribution is 2.27. The van der Waals surface area contributed by atoms with E-state index in [1.807, 2.05) is 35.2 Å². The van der Waals surface area contributed by atoms with Crippen LogP contribution in [0, 0.1) is 5.92 Å². The van der Waals surface area contributed by atoms with Gasteiger partial charge in [-0.3, -0.25) is 4.79 Å². The second kappa shape index (κ2) is 8.55. The lowest BCUT2D eigenvalue weighted by Gasteiger charge is -2.16. The maximum atomic E-state index is 12.6. The van der Waals surface area contributed by atoms with Crippen LogP contribution in [-0.2, 0) is 4.74 Å². The number of benzene rings is 2. The number of nitrogens with zero attached hydrogens (tertiary/aromatic N) is 1. The molecule has 1 heterocycles. The van der Waals surface area contributed by atoms with Crippen LogP contribution < -0.4 is 5.73 Å². The molecule has 1 aliphatic heterocycles. The molecule has 6 heteroatoms. The highest BCUT2D eigenvalue weighted by molar-refractivity contribution is 6.33. The van der Waals surface area contributed by atoms with Crippen LogP contribution in [-0.4, -0.2) is 43.0 Å². The van der Waals surface area contributed by atoms with E-state index in [1.54, 1.807) is 19.1 Å². The van der Waals surface area contributed by atoms with Crippen molar-refractivity contribution in [3.8, 4) is 11.1 Å². The lowest BCUT2D eigenvalue weighted by molar-refractivity contribution is 0.0526. The first-order valence-electron chi connectivity index (χ1n) is 9.10. The third-order valence-electron chi connectivity index (χ3n) is 4.83. The second-order valence-corrected chi connectivity index (χ2v) is 7.04. The summed E-state index contributed by atoms with van der Waals surface area (Å²) in [5.74, 6) is -0.0240. The van der Waals surface area contributed by atoms with Crippen LogP contribution in [0.2, 0.25) is 5.02 Å². The van der Waals surface area contributed by atoms with Crippen molar-refractivity contribution in [1.29, 1.82) is 0 Å². The van der Waals surface area contributed by atoms with Gasteiger partial charge in [-0.25, -0.2) is 4.79 Å². The Morgan fingerprint density at radius 2 is 1.89 bits per heavy atom. The number of esters is 1. The Kier molecular flexibility index (Phi) is 6.14. The number of nitrogens with two attached hydrogens (primary N) is 1. The van der Waals surface area contributed by atoms with Crippen LogP contribution in [0.4, 0.5) is 0 Å². The van der Waals surface area contributed by atoms with Crippen molar-refractivity contribution in [2.45, 2.75) is 13.3 Å². The van der Waals surface area contributed by atoms with Crippen LogP contribution in [0.1, 0.15) is 34.1 Å². The lowest BCUT2D eigenvalue weighted by Crippen LogP contribution is -2.29. The van der Waals surface area contributed by atoms with Gasteiger partial charge >= 0.3 is 5.97 Å². The summed E-state index contributed by atoms with van der Waals surface area (Å²) >= 11 is 6.12. The van der Waals surface area contributed by atoms with E-state index in [-0.39, 0.29) is 12.5 Å². The van der Waals surface area contributed by atoms with E-state index in [1.165, 1.54) is 0 Å². The van der Waals surface area contributed by atoms with Crippen LogP contribution in [0.5, 0.6) is 0 Å². The predicted molar refractivity (Wildman–Crippen MR) is 106 cm³/mol. The molecule has 2 aromatic carbocycles.